The molecule has 0 unspecified atom stereocenters. The second kappa shape index (κ2) is 6.83. The SMILES string of the molecule is COc1ccc(OC)c(NC(=O)NC2(c3ccccc3)CCC2)c1. The number of methoxy groups -OCH3 is 2. The molecule has 0 aliphatic heterocycles. The van der Waals surface area contributed by atoms with E-state index >= 15 is 0 Å². The molecule has 24 heavy (non-hydrogen) atoms. The fourth-order valence-electron chi connectivity index (χ4n) is 3.06. The van der Waals surface area contributed by atoms with Crippen LogP contribution in [0.4, 0.5) is 10.5 Å². The minimum Gasteiger partial charge on any atom is -0.497 e. The zero-order valence-corrected chi connectivity index (χ0v) is 14.0. The van der Waals surface area contributed by atoms with Crippen molar-refractivity contribution in [3.8, 4) is 11.5 Å². The Labute approximate surface area is 142 Å². The average Bonchev–Trinajstić information content (AvgIpc) is 2.58. The molecule has 2 N–H and O–H groups in total. The average molecular weight is 326 g/mol. The molecule has 126 valence electrons. The Hall–Kier alpha value is -2.69. The molecular weight excluding hydrogens is 304 g/mol. The van der Waals surface area contributed by atoms with Crippen molar-refractivity contribution in [2.75, 3.05) is 19.5 Å². The number of amides is 2. The summed E-state index contributed by atoms with van der Waals surface area (Å²) in [6.45, 7) is 0. The molecule has 0 atom stereocenters. The van der Waals surface area contributed by atoms with E-state index in [-0.39, 0.29) is 11.6 Å². The van der Waals surface area contributed by atoms with Gasteiger partial charge in [0.05, 0.1) is 25.4 Å². The first-order valence-electron chi connectivity index (χ1n) is 8.03. The topological polar surface area (TPSA) is 59.6 Å². The summed E-state index contributed by atoms with van der Waals surface area (Å²) in [6, 6.07) is 15.2. The minimum atomic E-state index is -0.280. The molecule has 1 aliphatic rings. The van der Waals surface area contributed by atoms with Crippen LogP contribution in [0, 0.1) is 0 Å². The highest BCUT2D eigenvalue weighted by Crippen LogP contribution is 2.41. The van der Waals surface area contributed by atoms with E-state index in [4.69, 9.17) is 9.47 Å². The van der Waals surface area contributed by atoms with Crippen molar-refractivity contribution in [2.45, 2.75) is 24.8 Å². The fraction of sp³-hybridized carbons (Fsp3) is 0.316. The summed E-state index contributed by atoms with van der Waals surface area (Å²) in [5.74, 6) is 1.25. The van der Waals surface area contributed by atoms with Crippen molar-refractivity contribution < 1.29 is 14.3 Å². The molecule has 2 aromatic rings. The molecule has 0 bridgehead atoms. The summed E-state index contributed by atoms with van der Waals surface area (Å²) in [6.07, 6.45) is 3.00. The van der Waals surface area contributed by atoms with Crippen molar-refractivity contribution in [1.29, 1.82) is 0 Å². The fourth-order valence-corrected chi connectivity index (χ4v) is 3.06. The maximum absolute atomic E-state index is 12.5. The van der Waals surface area contributed by atoms with Crippen LogP contribution in [0.1, 0.15) is 24.8 Å². The maximum atomic E-state index is 12.5. The van der Waals surface area contributed by atoms with Crippen LogP contribution in [0.15, 0.2) is 48.5 Å². The Morgan fingerprint density at radius 2 is 1.79 bits per heavy atom. The molecule has 1 fully saturated rings. The van der Waals surface area contributed by atoms with Gasteiger partial charge in [0.15, 0.2) is 0 Å². The van der Waals surface area contributed by atoms with Gasteiger partial charge >= 0.3 is 6.03 Å². The molecule has 0 radical (unpaired) electrons. The summed E-state index contributed by atoms with van der Waals surface area (Å²) < 4.78 is 10.5. The zero-order valence-electron chi connectivity index (χ0n) is 14.0. The summed E-state index contributed by atoms with van der Waals surface area (Å²) in [5.41, 5.74) is 1.44. The van der Waals surface area contributed by atoms with Crippen LogP contribution >= 0.6 is 0 Å². The van der Waals surface area contributed by atoms with Crippen molar-refractivity contribution >= 4 is 11.7 Å². The van der Waals surface area contributed by atoms with E-state index in [1.165, 1.54) is 0 Å². The number of urea groups is 1. The van der Waals surface area contributed by atoms with Gasteiger partial charge in [-0.15, -0.1) is 0 Å². The monoisotopic (exact) mass is 326 g/mol. The first-order valence-corrected chi connectivity index (χ1v) is 8.03. The quantitative estimate of drug-likeness (QED) is 0.876. The molecule has 2 amide bonds. The molecule has 0 saturated heterocycles. The zero-order chi connectivity index (χ0) is 17.0. The van der Waals surface area contributed by atoms with Crippen molar-refractivity contribution in [3.63, 3.8) is 0 Å². The molecule has 5 heteroatoms. The molecule has 0 heterocycles. The summed E-state index contributed by atoms with van der Waals surface area (Å²) >= 11 is 0. The van der Waals surface area contributed by atoms with E-state index in [0.29, 0.717) is 17.2 Å². The number of hydrogen-bond donors (Lipinski definition) is 2. The number of anilines is 1. The van der Waals surface area contributed by atoms with E-state index in [0.717, 1.165) is 24.8 Å². The Bertz CT molecular complexity index is 712. The van der Waals surface area contributed by atoms with Crippen molar-refractivity contribution in [1.82, 2.24) is 5.32 Å². The van der Waals surface area contributed by atoms with Gasteiger partial charge in [0.1, 0.15) is 11.5 Å². The number of hydrogen-bond acceptors (Lipinski definition) is 3. The van der Waals surface area contributed by atoms with Gasteiger partial charge in [-0.3, -0.25) is 0 Å². The lowest BCUT2D eigenvalue weighted by molar-refractivity contribution is 0.185. The Morgan fingerprint density at radius 3 is 2.38 bits per heavy atom. The number of nitrogens with one attached hydrogen (secondary N) is 2. The van der Waals surface area contributed by atoms with E-state index < -0.39 is 0 Å². The Morgan fingerprint density at radius 1 is 1.04 bits per heavy atom. The molecule has 0 spiro atoms. The van der Waals surface area contributed by atoms with Gasteiger partial charge < -0.3 is 20.1 Å². The maximum Gasteiger partial charge on any atom is 0.320 e. The summed E-state index contributed by atoms with van der Waals surface area (Å²) in [5, 5.41) is 6.01. The van der Waals surface area contributed by atoms with Crippen molar-refractivity contribution in [2.24, 2.45) is 0 Å². The van der Waals surface area contributed by atoms with Crippen LogP contribution < -0.4 is 20.1 Å². The first kappa shape index (κ1) is 16.2. The van der Waals surface area contributed by atoms with Crippen LogP contribution in [-0.2, 0) is 5.54 Å². The lowest BCUT2D eigenvalue weighted by Gasteiger charge is -2.43. The standard InChI is InChI=1S/C19H22N2O3/c1-23-15-9-10-17(24-2)16(13-15)20-18(22)21-19(11-6-12-19)14-7-4-3-5-8-14/h3-5,7-10,13H,6,11-12H2,1-2H3,(H2,20,21,22). The molecule has 1 saturated carbocycles. The largest absolute Gasteiger partial charge is 0.497 e. The lowest BCUT2D eigenvalue weighted by Crippen LogP contribution is -2.52. The second-order valence-electron chi connectivity index (χ2n) is 5.95. The van der Waals surface area contributed by atoms with Crippen molar-refractivity contribution in [3.05, 3.63) is 54.1 Å². The minimum absolute atomic E-state index is 0.245. The third-order valence-electron chi connectivity index (χ3n) is 4.54. The Balaban J connectivity index is 1.76. The van der Waals surface area contributed by atoms with Gasteiger partial charge in [0, 0.05) is 6.07 Å². The highest BCUT2D eigenvalue weighted by molar-refractivity contribution is 5.92. The third kappa shape index (κ3) is 3.15. The van der Waals surface area contributed by atoms with Gasteiger partial charge in [0.2, 0.25) is 0 Å². The van der Waals surface area contributed by atoms with Gasteiger partial charge in [0.25, 0.3) is 0 Å². The molecule has 1 aliphatic carbocycles. The van der Waals surface area contributed by atoms with Gasteiger partial charge in [-0.25, -0.2) is 4.79 Å². The molecule has 2 aromatic carbocycles. The number of carbonyl (C=O) groups is 1. The van der Waals surface area contributed by atoms with Crippen LogP contribution in [0.2, 0.25) is 0 Å². The summed E-state index contributed by atoms with van der Waals surface area (Å²) in [4.78, 5) is 12.5. The normalized spacial score (nSPS) is 15.1. The number of benzene rings is 2. The lowest BCUT2D eigenvalue weighted by atomic mass is 9.72. The first-order chi connectivity index (χ1) is 11.7. The van der Waals surface area contributed by atoms with Crippen LogP contribution in [-0.4, -0.2) is 20.3 Å². The number of ether oxygens (including phenoxy) is 2. The number of carbonyl (C=O) groups excluding carboxylic acids is 1. The van der Waals surface area contributed by atoms with Crippen LogP contribution in [0.25, 0.3) is 0 Å². The molecule has 3 rings (SSSR count). The Kier molecular flexibility index (Phi) is 4.60. The predicted molar refractivity (Wildman–Crippen MR) is 93.7 cm³/mol. The summed E-state index contributed by atoms with van der Waals surface area (Å²) in [7, 11) is 3.16. The predicted octanol–water partition coefficient (Wildman–Crippen LogP) is 3.90. The highest BCUT2D eigenvalue weighted by Gasteiger charge is 2.40. The van der Waals surface area contributed by atoms with E-state index in [1.807, 2.05) is 18.2 Å². The highest BCUT2D eigenvalue weighted by atomic mass is 16.5. The van der Waals surface area contributed by atoms with Crippen LogP contribution in [0.5, 0.6) is 11.5 Å². The third-order valence-corrected chi connectivity index (χ3v) is 4.54. The smallest absolute Gasteiger partial charge is 0.320 e. The van der Waals surface area contributed by atoms with Gasteiger partial charge in [-0.2, -0.15) is 0 Å². The van der Waals surface area contributed by atoms with E-state index in [2.05, 4.69) is 22.8 Å². The molecule has 0 aromatic heterocycles. The molecule has 5 nitrogen and oxygen atoms in total. The van der Waals surface area contributed by atoms with E-state index in [1.54, 1.807) is 32.4 Å². The van der Waals surface area contributed by atoms with Crippen LogP contribution in [0.3, 0.4) is 0 Å². The van der Waals surface area contributed by atoms with Gasteiger partial charge in [-0.1, -0.05) is 30.3 Å². The second-order valence-corrected chi connectivity index (χ2v) is 5.95. The number of rotatable bonds is 5. The molecular formula is C19H22N2O3. The van der Waals surface area contributed by atoms with Gasteiger partial charge in [-0.05, 0) is 37.0 Å². The van der Waals surface area contributed by atoms with E-state index in [9.17, 15) is 4.79 Å².